The first-order valence-electron chi connectivity index (χ1n) is 4.93. The van der Waals surface area contributed by atoms with E-state index in [1.165, 1.54) is 0 Å². The fraction of sp³-hybridized carbons (Fsp3) is 0.167. The Kier molecular flexibility index (Phi) is 3.31. The van der Waals surface area contributed by atoms with Gasteiger partial charge in [0.15, 0.2) is 0 Å². The number of alkyl halides is 1. The Morgan fingerprint density at radius 2 is 2.18 bits per heavy atom. The molecule has 17 heavy (non-hydrogen) atoms. The zero-order valence-corrected chi connectivity index (χ0v) is 9.50. The molecule has 0 atom stereocenters. The Morgan fingerprint density at radius 1 is 1.35 bits per heavy atom. The topological polar surface area (TPSA) is 63.1 Å². The molecular formula is C12H8ClNO3. The highest BCUT2D eigenvalue weighted by molar-refractivity contribution is 6.18. The second kappa shape index (κ2) is 4.89. The van der Waals surface area contributed by atoms with Crippen molar-refractivity contribution >= 4 is 22.5 Å². The van der Waals surface area contributed by atoms with Crippen LogP contribution in [0.1, 0.15) is 12.0 Å². The Balaban J connectivity index is 2.71. The zero-order chi connectivity index (χ0) is 12.3. The lowest BCUT2D eigenvalue weighted by Gasteiger charge is -1.97. The number of hydrogen-bond donors (Lipinski definition) is 1. The highest BCUT2D eigenvalue weighted by Gasteiger charge is 2.05. The highest BCUT2D eigenvalue weighted by Crippen LogP contribution is 2.10. The minimum absolute atomic E-state index is 0.286. The number of aromatic nitrogens is 1. The lowest BCUT2D eigenvalue weighted by Crippen LogP contribution is -2.15. The molecule has 0 bridgehead atoms. The first-order valence-corrected chi connectivity index (χ1v) is 5.47. The van der Waals surface area contributed by atoms with Crippen LogP contribution in [0, 0.1) is 11.8 Å². The van der Waals surface area contributed by atoms with Gasteiger partial charge in [0.05, 0.1) is 10.9 Å². The fourth-order valence-corrected chi connectivity index (χ4v) is 1.55. The second-order valence-corrected chi connectivity index (χ2v) is 3.65. The molecule has 1 N–H and O–H groups in total. The van der Waals surface area contributed by atoms with E-state index in [9.17, 15) is 9.59 Å². The summed E-state index contributed by atoms with van der Waals surface area (Å²) in [5.74, 6) is 5.33. The van der Waals surface area contributed by atoms with Gasteiger partial charge in [-0.25, -0.2) is 9.59 Å². The van der Waals surface area contributed by atoms with E-state index in [0.29, 0.717) is 23.4 Å². The van der Waals surface area contributed by atoms with Crippen molar-refractivity contribution in [2.75, 3.05) is 5.88 Å². The largest absolute Gasteiger partial charge is 0.419 e. The molecule has 1 heterocycles. The van der Waals surface area contributed by atoms with E-state index in [-0.39, 0.29) is 5.39 Å². The molecule has 4 nitrogen and oxygen atoms in total. The van der Waals surface area contributed by atoms with Crippen molar-refractivity contribution in [3.05, 3.63) is 44.7 Å². The summed E-state index contributed by atoms with van der Waals surface area (Å²) >= 11 is 5.51. The Morgan fingerprint density at radius 3 is 2.94 bits per heavy atom. The molecule has 2 aromatic rings. The maximum Gasteiger partial charge on any atom is 0.419 e. The standard InChI is InChI=1S/C12H8ClNO3/c13-7-2-1-4-8-5-3-6-9-10(8)11(15)17-12(16)14-9/h3,5-6H,2,7H2,(H,14,16). The van der Waals surface area contributed by atoms with Crippen molar-refractivity contribution < 1.29 is 4.42 Å². The van der Waals surface area contributed by atoms with Gasteiger partial charge in [-0.15, -0.1) is 11.6 Å². The molecule has 86 valence electrons. The summed E-state index contributed by atoms with van der Waals surface area (Å²) in [6, 6.07) is 5.03. The molecule has 0 aliphatic heterocycles. The minimum atomic E-state index is -0.770. The quantitative estimate of drug-likeness (QED) is 0.615. The smallest absolute Gasteiger partial charge is 0.372 e. The number of aromatic amines is 1. The molecule has 1 aromatic carbocycles. The Hall–Kier alpha value is -1.99. The number of H-pyrrole nitrogens is 1. The van der Waals surface area contributed by atoms with Crippen molar-refractivity contribution in [1.29, 1.82) is 0 Å². The monoisotopic (exact) mass is 249 g/mol. The molecule has 0 fully saturated rings. The van der Waals surface area contributed by atoms with Crippen LogP contribution in [-0.2, 0) is 0 Å². The third kappa shape index (κ3) is 2.40. The molecule has 0 aliphatic rings. The van der Waals surface area contributed by atoms with Crippen LogP contribution in [0.5, 0.6) is 0 Å². The van der Waals surface area contributed by atoms with Gasteiger partial charge >= 0.3 is 11.4 Å². The van der Waals surface area contributed by atoms with Crippen molar-refractivity contribution in [2.24, 2.45) is 0 Å². The van der Waals surface area contributed by atoms with Gasteiger partial charge in [0.1, 0.15) is 0 Å². The summed E-state index contributed by atoms with van der Waals surface area (Å²) in [5, 5.41) is 0.286. The fourth-order valence-electron chi connectivity index (χ4n) is 1.46. The van der Waals surface area contributed by atoms with Crippen LogP contribution in [-0.4, -0.2) is 10.9 Å². The van der Waals surface area contributed by atoms with E-state index in [2.05, 4.69) is 21.2 Å². The Labute approximate surface area is 101 Å². The van der Waals surface area contributed by atoms with Crippen LogP contribution >= 0.6 is 11.6 Å². The summed E-state index contributed by atoms with van der Waals surface area (Å²) in [4.78, 5) is 25.0. The normalized spacial score (nSPS) is 9.94. The summed E-state index contributed by atoms with van der Waals surface area (Å²) in [5.41, 5.74) is 0.265. The molecule has 0 radical (unpaired) electrons. The third-order valence-electron chi connectivity index (χ3n) is 2.13. The van der Waals surface area contributed by atoms with Gasteiger partial charge in [-0.05, 0) is 12.1 Å². The highest BCUT2D eigenvalue weighted by atomic mass is 35.5. The van der Waals surface area contributed by atoms with E-state index < -0.39 is 11.4 Å². The van der Waals surface area contributed by atoms with Crippen LogP contribution in [0.4, 0.5) is 0 Å². The maximum atomic E-state index is 11.6. The predicted molar refractivity (Wildman–Crippen MR) is 65.3 cm³/mol. The Bertz CT molecular complexity index is 718. The van der Waals surface area contributed by atoms with E-state index in [4.69, 9.17) is 11.6 Å². The van der Waals surface area contributed by atoms with Crippen molar-refractivity contribution in [1.82, 2.24) is 4.98 Å². The van der Waals surface area contributed by atoms with E-state index in [1.54, 1.807) is 18.2 Å². The molecule has 5 heteroatoms. The van der Waals surface area contributed by atoms with Gasteiger partial charge < -0.3 is 4.42 Å². The van der Waals surface area contributed by atoms with Crippen LogP contribution < -0.4 is 11.4 Å². The van der Waals surface area contributed by atoms with Gasteiger partial charge in [0, 0.05) is 17.9 Å². The number of hydrogen-bond acceptors (Lipinski definition) is 3. The van der Waals surface area contributed by atoms with Gasteiger partial charge in [-0.3, -0.25) is 4.98 Å². The second-order valence-electron chi connectivity index (χ2n) is 3.27. The number of rotatable bonds is 1. The molecule has 2 rings (SSSR count). The van der Waals surface area contributed by atoms with E-state index in [0.717, 1.165) is 0 Å². The zero-order valence-electron chi connectivity index (χ0n) is 8.75. The van der Waals surface area contributed by atoms with Gasteiger partial charge in [0.25, 0.3) is 0 Å². The molecular weight excluding hydrogens is 242 g/mol. The number of benzene rings is 1. The summed E-state index contributed by atoms with van der Waals surface area (Å²) in [6.07, 6.45) is 0.534. The van der Waals surface area contributed by atoms with E-state index in [1.807, 2.05) is 0 Å². The average Bonchev–Trinajstić information content (AvgIpc) is 2.28. The first-order chi connectivity index (χ1) is 8.22. The summed E-state index contributed by atoms with van der Waals surface area (Å²) in [6.45, 7) is 0. The van der Waals surface area contributed by atoms with Gasteiger partial charge in [-0.2, -0.15) is 0 Å². The third-order valence-corrected chi connectivity index (χ3v) is 2.32. The lowest BCUT2D eigenvalue weighted by atomic mass is 10.1. The molecule has 0 saturated heterocycles. The minimum Gasteiger partial charge on any atom is -0.372 e. The van der Waals surface area contributed by atoms with Gasteiger partial charge in [0.2, 0.25) is 0 Å². The maximum absolute atomic E-state index is 11.6. The molecule has 0 saturated carbocycles. The van der Waals surface area contributed by atoms with Crippen molar-refractivity contribution in [3.8, 4) is 11.8 Å². The molecule has 0 aliphatic carbocycles. The van der Waals surface area contributed by atoms with Crippen LogP contribution in [0.2, 0.25) is 0 Å². The number of nitrogens with one attached hydrogen (secondary N) is 1. The molecule has 1 aromatic heterocycles. The van der Waals surface area contributed by atoms with Crippen LogP contribution in [0.25, 0.3) is 10.9 Å². The van der Waals surface area contributed by atoms with Gasteiger partial charge in [-0.1, -0.05) is 17.9 Å². The summed E-state index contributed by atoms with van der Waals surface area (Å²) < 4.78 is 4.48. The molecule has 0 unspecified atom stereocenters. The molecule has 0 amide bonds. The van der Waals surface area contributed by atoms with Crippen LogP contribution in [0.15, 0.2) is 32.2 Å². The average molecular weight is 250 g/mol. The van der Waals surface area contributed by atoms with Crippen molar-refractivity contribution in [3.63, 3.8) is 0 Å². The SMILES string of the molecule is O=c1[nH]c2cccc(C#CCCCl)c2c(=O)o1. The van der Waals surface area contributed by atoms with Crippen LogP contribution in [0.3, 0.4) is 0 Å². The number of fused-ring (bicyclic) bond motifs is 1. The summed E-state index contributed by atoms with van der Waals surface area (Å²) in [7, 11) is 0. The van der Waals surface area contributed by atoms with Crippen molar-refractivity contribution in [2.45, 2.75) is 6.42 Å². The first kappa shape index (κ1) is 11.5. The number of halogens is 1. The molecule has 0 spiro atoms. The predicted octanol–water partition coefficient (Wildman–Crippen LogP) is 1.46. The van der Waals surface area contributed by atoms with E-state index >= 15 is 0 Å². The lowest BCUT2D eigenvalue weighted by molar-refractivity contribution is 0.460.